The van der Waals surface area contributed by atoms with Crippen molar-refractivity contribution in [3.05, 3.63) is 20.7 Å². The van der Waals surface area contributed by atoms with Crippen LogP contribution in [0.1, 0.15) is 32.9 Å². The van der Waals surface area contributed by atoms with Crippen LogP contribution >= 0.6 is 11.3 Å². The molecule has 5 nitrogen and oxygen atoms in total. The number of aromatic nitrogens is 1. The normalized spacial score (nSPS) is 11.5. The van der Waals surface area contributed by atoms with Crippen molar-refractivity contribution in [2.24, 2.45) is 0 Å². The summed E-state index contributed by atoms with van der Waals surface area (Å²) in [7, 11) is 0. The maximum Gasteiger partial charge on any atom is 0.304 e. The van der Waals surface area contributed by atoms with Crippen LogP contribution in [0.25, 0.3) is 0 Å². The van der Waals surface area contributed by atoms with E-state index in [9.17, 15) is 9.59 Å². The number of hydrogen-bond donors (Lipinski definition) is 3. The number of hydrogen-bond acceptors (Lipinski definition) is 4. The van der Waals surface area contributed by atoms with Gasteiger partial charge < -0.3 is 15.6 Å². The maximum absolute atomic E-state index is 11.6. The van der Waals surface area contributed by atoms with Gasteiger partial charge in [0.1, 0.15) is 0 Å². The van der Waals surface area contributed by atoms with Gasteiger partial charge in [0.15, 0.2) is 0 Å². The molecule has 1 aromatic rings. The van der Waals surface area contributed by atoms with E-state index < -0.39 is 0 Å². The average Bonchev–Trinajstić information content (AvgIpc) is 2.63. The summed E-state index contributed by atoms with van der Waals surface area (Å²) >= 11 is 1.13. The van der Waals surface area contributed by atoms with Crippen LogP contribution in [0.4, 0.5) is 0 Å². The van der Waals surface area contributed by atoms with Gasteiger partial charge in [0.2, 0.25) is 5.91 Å². The molecule has 17 heavy (non-hydrogen) atoms. The second-order valence-electron chi connectivity index (χ2n) is 4.56. The van der Waals surface area contributed by atoms with Gasteiger partial charge in [-0.15, -0.1) is 0 Å². The van der Waals surface area contributed by atoms with E-state index in [0.29, 0.717) is 6.54 Å². The lowest BCUT2D eigenvalue weighted by atomic mass is 10.0. The first-order chi connectivity index (χ1) is 7.93. The summed E-state index contributed by atoms with van der Waals surface area (Å²) in [6, 6.07) is 0. The number of rotatable bonds is 6. The van der Waals surface area contributed by atoms with Crippen LogP contribution in [0.5, 0.6) is 0 Å². The molecular formula is C11H19N3O2S. The highest BCUT2D eigenvalue weighted by Crippen LogP contribution is 2.05. The Hall–Kier alpha value is -1.14. The van der Waals surface area contributed by atoms with Crippen LogP contribution in [-0.2, 0) is 11.3 Å². The van der Waals surface area contributed by atoms with Crippen LogP contribution in [0, 0.1) is 0 Å². The zero-order valence-corrected chi connectivity index (χ0v) is 11.2. The predicted octanol–water partition coefficient (Wildman–Crippen LogP) is 0.831. The maximum atomic E-state index is 11.6. The smallest absolute Gasteiger partial charge is 0.304 e. The SMILES string of the molecule is CCC(C)(C)NC(=O)CNCc1csc(=O)[nH]1. The van der Waals surface area contributed by atoms with Crippen molar-refractivity contribution in [1.29, 1.82) is 0 Å². The molecule has 1 aromatic heterocycles. The summed E-state index contributed by atoms with van der Waals surface area (Å²) in [5, 5.41) is 7.67. The van der Waals surface area contributed by atoms with E-state index in [0.717, 1.165) is 23.5 Å². The van der Waals surface area contributed by atoms with Gasteiger partial charge in [-0.2, -0.15) is 0 Å². The number of thiazole rings is 1. The van der Waals surface area contributed by atoms with Crippen molar-refractivity contribution >= 4 is 17.2 Å². The van der Waals surface area contributed by atoms with E-state index in [4.69, 9.17) is 0 Å². The van der Waals surface area contributed by atoms with Crippen LogP contribution in [0.3, 0.4) is 0 Å². The zero-order valence-electron chi connectivity index (χ0n) is 10.4. The molecule has 0 aliphatic carbocycles. The van der Waals surface area contributed by atoms with Gasteiger partial charge in [0, 0.05) is 23.2 Å². The summed E-state index contributed by atoms with van der Waals surface area (Å²) in [6.45, 7) is 6.76. The number of H-pyrrole nitrogens is 1. The van der Waals surface area contributed by atoms with Gasteiger partial charge in [0.05, 0.1) is 6.54 Å². The first kappa shape index (κ1) is 13.9. The lowest BCUT2D eigenvalue weighted by Gasteiger charge is -2.24. The fourth-order valence-electron chi connectivity index (χ4n) is 1.22. The van der Waals surface area contributed by atoms with Crippen LogP contribution < -0.4 is 15.5 Å². The third-order valence-corrected chi connectivity index (χ3v) is 3.25. The fraction of sp³-hybridized carbons (Fsp3) is 0.636. The summed E-state index contributed by atoms with van der Waals surface area (Å²) in [4.78, 5) is 25.0. The molecular weight excluding hydrogens is 238 g/mol. The molecule has 96 valence electrons. The Morgan fingerprint density at radius 3 is 2.76 bits per heavy atom. The third-order valence-electron chi connectivity index (χ3n) is 2.53. The van der Waals surface area contributed by atoms with Gasteiger partial charge >= 0.3 is 4.87 Å². The quantitative estimate of drug-likeness (QED) is 0.706. The monoisotopic (exact) mass is 257 g/mol. The number of aromatic amines is 1. The van der Waals surface area contributed by atoms with Crippen molar-refractivity contribution in [2.75, 3.05) is 6.54 Å². The van der Waals surface area contributed by atoms with Crippen molar-refractivity contribution < 1.29 is 4.79 Å². The molecule has 0 saturated heterocycles. The summed E-state index contributed by atoms with van der Waals surface area (Å²) in [6.07, 6.45) is 0.886. The molecule has 0 atom stereocenters. The topological polar surface area (TPSA) is 74.0 Å². The Morgan fingerprint density at radius 2 is 2.24 bits per heavy atom. The van der Waals surface area contributed by atoms with E-state index in [2.05, 4.69) is 15.6 Å². The highest BCUT2D eigenvalue weighted by Gasteiger charge is 2.17. The average molecular weight is 257 g/mol. The lowest BCUT2D eigenvalue weighted by Crippen LogP contribution is -2.46. The number of carbonyl (C=O) groups is 1. The molecule has 0 saturated carbocycles. The van der Waals surface area contributed by atoms with E-state index in [-0.39, 0.29) is 22.9 Å². The summed E-state index contributed by atoms with van der Waals surface area (Å²) in [5.74, 6) is -0.0329. The Balaban J connectivity index is 2.27. The Kier molecular flexibility index (Phi) is 4.89. The molecule has 6 heteroatoms. The number of amides is 1. The molecule has 1 heterocycles. The van der Waals surface area contributed by atoms with Crippen molar-refractivity contribution in [3.63, 3.8) is 0 Å². The number of nitrogens with one attached hydrogen (secondary N) is 3. The molecule has 1 rings (SSSR count). The van der Waals surface area contributed by atoms with Gasteiger partial charge in [-0.25, -0.2) is 0 Å². The minimum Gasteiger partial charge on any atom is -0.350 e. The molecule has 0 aliphatic rings. The second-order valence-corrected chi connectivity index (χ2v) is 5.40. The Labute approximate surface area is 105 Å². The summed E-state index contributed by atoms with van der Waals surface area (Å²) in [5.41, 5.74) is 0.637. The molecule has 1 amide bonds. The van der Waals surface area contributed by atoms with Gasteiger partial charge in [-0.05, 0) is 20.3 Å². The van der Waals surface area contributed by atoms with Crippen molar-refractivity contribution in [3.8, 4) is 0 Å². The van der Waals surface area contributed by atoms with Crippen LogP contribution in [-0.4, -0.2) is 23.0 Å². The fourth-order valence-corrected chi connectivity index (χ4v) is 1.80. The minimum atomic E-state index is -0.171. The van der Waals surface area contributed by atoms with E-state index >= 15 is 0 Å². The highest BCUT2D eigenvalue weighted by atomic mass is 32.1. The van der Waals surface area contributed by atoms with E-state index in [1.807, 2.05) is 20.8 Å². The molecule has 0 fully saturated rings. The van der Waals surface area contributed by atoms with Gasteiger partial charge in [0.25, 0.3) is 0 Å². The Bertz CT molecular complexity index is 422. The largest absolute Gasteiger partial charge is 0.350 e. The molecule has 0 spiro atoms. The van der Waals surface area contributed by atoms with Gasteiger partial charge in [-0.1, -0.05) is 18.3 Å². The molecule has 3 N–H and O–H groups in total. The van der Waals surface area contributed by atoms with Crippen molar-refractivity contribution in [1.82, 2.24) is 15.6 Å². The molecule has 0 aromatic carbocycles. The van der Waals surface area contributed by atoms with E-state index in [1.165, 1.54) is 0 Å². The molecule has 0 bridgehead atoms. The van der Waals surface area contributed by atoms with Crippen LogP contribution in [0.2, 0.25) is 0 Å². The highest BCUT2D eigenvalue weighted by molar-refractivity contribution is 7.07. The number of carbonyl (C=O) groups excluding carboxylic acids is 1. The van der Waals surface area contributed by atoms with E-state index in [1.54, 1.807) is 5.38 Å². The first-order valence-corrected chi connectivity index (χ1v) is 6.49. The minimum absolute atomic E-state index is 0.0329. The summed E-state index contributed by atoms with van der Waals surface area (Å²) < 4.78 is 0. The van der Waals surface area contributed by atoms with Crippen LogP contribution in [0.15, 0.2) is 10.2 Å². The predicted molar refractivity (Wildman–Crippen MR) is 69.2 cm³/mol. The second kappa shape index (κ2) is 5.97. The third kappa shape index (κ3) is 5.14. The standard InChI is InChI=1S/C11H19N3O2S/c1-4-11(2,3)14-9(15)6-12-5-8-7-17-10(16)13-8/h7,12H,4-6H2,1-3H3,(H,13,16)(H,14,15). The first-order valence-electron chi connectivity index (χ1n) is 5.61. The lowest BCUT2D eigenvalue weighted by molar-refractivity contribution is -0.121. The molecule has 0 aliphatic heterocycles. The molecule has 0 radical (unpaired) electrons. The van der Waals surface area contributed by atoms with Gasteiger partial charge in [-0.3, -0.25) is 9.59 Å². The van der Waals surface area contributed by atoms with Crippen molar-refractivity contribution in [2.45, 2.75) is 39.3 Å². The zero-order chi connectivity index (χ0) is 12.9. The molecule has 0 unspecified atom stereocenters. The Morgan fingerprint density at radius 1 is 1.53 bits per heavy atom.